The monoisotopic (exact) mass is 219 g/mol. The highest BCUT2D eigenvalue weighted by Crippen LogP contribution is 2.27. The average Bonchev–Trinajstić information content (AvgIpc) is 2.09. The molecule has 1 aromatic rings. The molecule has 0 atom stereocenters. The molecule has 1 heterocycles. The summed E-state index contributed by atoms with van der Waals surface area (Å²) in [4.78, 5) is 3.66. The van der Waals surface area contributed by atoms with Crippen molar-refractivity contribution in [3.8, 4) is 5.88 Å². The number of ether oxygens (including phenoxy) is 1. The lowest BCUT2D eigenvalue weighted by molar-refractivity contribution is -0.0537. The largest absolute Gasteiger partial charge is 0.417 e. The number of hydrogen-bond acceptors (Lipinski definition) is 2. The van der Waals surface area contributed by atoms with Gasteiger partial charge >= 0.3 is 6.61 Å². The van der Waals surface area contributed by atoms with Crippen molar-refractivity contribution >= 4 is 0 Å². The molecule has 0 unspecified atom stereocenters. The number of halogens is 3. The van der Waals surface area contributed by atoms with Crippen molar-refractivity contribution in [3.05, 3.63) is 23.1 Å². The maximum absolute atomic E-state index is 13.2. The van der Waals surface area contributed by atoms with E-state index in [1.165, 1.54) is 13.0 Å². The fourth-order valence-corrected chi connectivity index (χ4v) is 1.17. The first-order valence-electron chi connectivity index (χ1n) is 4.53. The van der Waals surface area contributed by atoms with Crippen molar-refractivity contribution in [2.24, 2.45) is 0 Å². The highest BCUT2D eigenvalue weighted by Gasteiger charge is 2.16. The number of aryl methyl sites for hydroxylation is 1. The first kappa shape index (κ1) is 11.8. The van der Waals surface area contributed by atoms with Crippen molar-refractivity contribution in [1.29, 1.82) is 0 Å². The van der Waals surface area contributed by atoms with E-state index in [2.05, 4.69) is 9.72 Å². The number of aromatic nitrogens is 1. The van der Waals surface area contributed by atoms with Crippen LogP contribution in [0.25, 0.3) is 0 Å². The van der Waals surface area contributed by atoms with Crippen molar-refractivity contribution in [1.82, 2.24) is 4.98 Å². The average molecular weight is 219 g/mol. The fraction of sp³-hybridized carbons (Fsp3) is 0.500. The Morgan fingerprint density at radius 1 is 1.33 bits per heavy atom. The second kappa shape index (κ2) is 4.51. The third-order valence-corrected chi connectivity index (χ3v) is 1.97. The van der Waals surface area contributed by atoms with E-state index >= 15 is 0 Å². The number of hydrogen-bond donors (Lipinski definition) is 0. The third-order valence-electron chi connectivity index (χ3n) is 1.97. The molecule has 1 aromatic heterocycles. The van der Waals surface area contributed by atoms with E-state index in [0.717, 1.165) is 0 Å². The molecular weight excluding hydrogens is 207 g/mol. The summed E-state index contributed by atoms with van der Waals surface area (Å²) in [5.41, 5.74) is 0.397. The molecular formula is C10H12F3NO. The summed E-state index contributed by atoms with van der Waals surface area (Å²) in [6, 6.07) is 1.19. The van der Waals surface area contributed by atoms with Crippen LogP contribution in [0, 0.1) is 12.7 Å². The Morgan fingerprint density at radius 3 is 2.40 bits per heavy atom. The van der Waals surface area contributed by atoms with Gasteiger partial charge in [-0.05, 0) is 18.9 Å². The molecule has 0 saturated heterocycles. The summed E-state index contributed by atoms with van der Waals surface area (Å²) in [5, 5.41) is 0. The third kappa shape index (κ3) is 2.84. The smallest absolute Gasteiger partial charge is 0.388 e. The normalized spacial score (nSPS) is 11.2. The Balaban J connectivity index is 3.16. The zero-order valence-corrected chi connectivity index (χ0v) is 8.72. The quantitative estimate of drug-likeness (QED) is 0.778. The van der Waals surface area contributed by atoms with E-state index in [9.17, 15) is 13.2 Å². The molecule has 0 aromatic carbocycles. The minimum absolute atomic E-state index is 0.0510. The van der Waals surface area contributed by atoms with E-state index in [0.29, 0.717) is 5.56 Å². The van der Waals surface area contributed by atoms with Crippen LogP contribution < -0.4 is 4.74 Å². The summed E-state index contributed by atoms with van der Waals surface area (Å²) in [6.45, 7) is 1.96. The van der Waals surface area contributed by atoms with E-state index < -0.39 is 12.4 Å². The Labute approximate surface area is 86.1 Å². The van der Waals surface area contributed by atoms with Crippen molar-refractivity contribution in [2.75, 3.05) is 0 Å². The van der Waals surface area contributed by atoms with Crippen LogP contribution >= 0.6 is 0 Å². The van der Waals surface area contributed by atoms with Gasteiger partial charge in [-0.15, -0.1) is 0 Å². The molecule has 1 rings (SSSR count). The molecule has 0 aliphatic carbocycles. The van der Waals surface area contributed by atoms with Gasteiger partial charge < -0.3 is 4.74 Å². The predicted octanol–water partition coefficient (Wildman–Crippen LogP) is 3.25. The number of pyridine rings is 1. The molecule has 84 valence electrons. The van der Waals surface area contributed by atoms with E-state index in [-0.39, 0.29) is 17.5 Å². The molecule has 0 bridgehead atoms. The predicted molar refractivity (Wildman–Crippen MR) is 49.7 cm³/mol. The summed E-state index contributed by atoms with van der Waals surface area (Å²) in [6.07, 6.45) is 0. The maximum Gasteiger partial charge on any atom is 0.388 e. The lowest BCUT2D eigenvalue weighted by atomic mass is 10.0. The molecule has 15 heavy (non-hydrogen) atoms. The molecule has 0 amide bonds. The van der Waals surface area contributed by atoms with Gasteiger partial charge in [0.2, 0.25) is 5.88 Å². The lowest BCUT2D eigenvalue weighted by Gasteiger charge is -2.13. The molecule has 0 fully saturated rings. The van der Waals surface area contributed by atoms with Gasteiger partial charge in [0.15, 0.2) is 0 Å². The summed E-state index contributed by atoms with van der Waals surface area (Å²) in [5.74, 6) is -0.833. The van der Waals surface area contributed by atoms with Gasteiger partial charge in [0.25, 0.3) is 0 Å². The van der Waals surface area contributed by atoms with E-state index in [4.69, 9.17) is 0 Å². The lowest BCUT2D eigenvalue weighted by Crippen LogP contribution is -2.08. The molecule has 0 aliphatic heterocycles. The van der Waals surface area contributed by atoms with Crippen molar-refractivity contribution in [2.45, 2.75) is 33.3 Å². The second-order valence-corrected chi connectivity index (χ2v) is 3.48. The molecule has 5 heteroatoms. The topological polar surface area (TPSA) is 22.1 Å². The zero-order valence-electron chi connectivity index (χ0n) is 8.72. The second-order valence-electron chi connectivity index (χ2n) is 3.48. The van der Waals surface area contributed by atoms with Crippen LogP contribution in [0.2, 0.25) is 0 Å². The summed E-state index contributed by atoms with van der Waals surface area (Å²) < 4.78 is 41.5. The fourth-order valence-electron chi connectivity index (χ4n) is 1.17. The molecule has 0 radical (unpaired) electrons. The zero-order chi connectivity index (χ0) is 11.6. The van der Waals surface area contributed by atoms with Crippen LogP contribution in [-0.4, -0.2) is 11.6 Å². The van der Waals surface area contributed by atoms with Crippen LogP contribution in [0.4, 0.5) is 13.2 Å². The molecule has 0 spiro atoms. The molecule has 0 saturated carbocycles. The van der Waals surface area contributed by atoms with Crippen molar-refractivity contribution < 1.29 is 17.9 Å². The van der Waals surface area contributed by atoms with Crippen LogP contribution in [0.15, 0.2) is 6.07 Å². The van der Waals surface area contributed by atoms with Gasteiger partial charge in [-0.1, -0.05) is 13.8 Å². The SMILES string of the molecule is Cc1nc(OC(F)F)c(C(C)C)cc1F. The number of nitrogens with zero attached hydrogens (tertiary/aromatic N) is 1. The summed E-state index contributed by atoms with van der Waals surface area (Å²) in [7, 11) is 0. The van der Waals surface area contributed by atoms with Crippen LogP contribution in [-0.2, 0) is 0 Å². The van der Waals surface area contributed by atoms with Gasteiger partial charge in [-0.2, -0.15) is 8.78 Å². The molecule has 0 aliphatic rings. The minimum atomic E-state index is -2.94. The first-order valence-corrected chi connectivity index (χ1v) is 4.53. The van der Waals surface area contributed by atoms with E-state index in [1.54, 1.807) is 13.8 Å². The van der Waals surface area contributed by atoms with Crippen molar-refractivity contribution in [3.63, 3.8) is 0 Å². The standard InChI is InChI=1S/C10H12F3NO/c1-5(2)7-4-8(11)6(3)14-9(7)15-10(12)13/h4-5,10H,1-3H3. The first-order chi connectivity index (χ1) is 6.91. The van der Waals surface area contributed by atoms with Gasteiger partial charge in [0, 0.05) is 5.56 Å². The molecule has 2 nitrogen and oxygen atoms in total. The van der Waals surface area contributed by atoms with Gasteiger partial charge in [-0.3, -0.25) is 0 Å². The Hall–Kier alpha value is -1.26. The Bertz CT molecular complexity index is 353. The number of rotatable bonds is 3. The molecule has 0 N–H and O–H groups in total. The van der Waals surface area contributed by atoms with Gasteiger partial charge in [-0.25, -0.2) is 9.37 Å². The highest BCUT2D eigenvalue weighted by atomic mass is 19.3. The van der Waals surface area contributed by atoms with E-state index in [1.807, 2.05) is 0 Å². The Kier molecular flexibility index (Phi) is 3.55. The minimum Gasteiger partial charge on any atom is -0.417 e. The van der Waals surface area contributed by atoms with Crippen LogP contribution in [0.3, 0.4) is 0 Å². The van der Waals surface area contributed by atoms with Gasteiger partial charge in [0.1, 0.15) is 5.82 Å². The van der Waals surface area contributed by atoms with Gasteiger partial charge in [0.05, 0.1) is 5.69 Å². The van der Waals surface area contributed by atoms with Crippen LogP contribution in [0.1, 0.15) is 31.0 Å². The Morgan fingerprint density at radius 2 is 1.93 bits per heavy atom. The van der Waals surface area contributed by atoms with Crippen LogP contribution in [0.5, 0.6) is 5.88 Å². The highest BCUT2D eigenvalue weighted by molar-refractivity contribution is 5.31. The summed E-state index contributed by atoms with van der Waals surface area (Å²) >= 11 is 0. The maximum atomic E-state index is 13.2. The number of alkyl halides is 2.